The van der Waals surface area contributed by atoms with Crippen molar-refractivity contribution in [3.05, 3.63) is 35.4 Å². The van der Waals surface area contributed by atoms with E-state index >= 15 is 0 Å². The Kier molecular flexibility index (Phi) is 3.49. The number of halogens is 2. The van der Waals surface area contributed by atoms with Crippen molar-refractivity contribution in [1.82, 2.24) is 4.90 Å². The second kappa shape index (κ2) is 4.89. The van der Waals surface area contributed by atoms with Gasteiger partial charge in [-0.1, -0.05) is 6.07 Å². The normalized spacial score (nSPS) is 20.8. The Morgan fingerprint density at radius 3 is 2.59 bits per heavy atom. The highest BCUT2D eigenvalue weighted by Gasteiger charge is 2.24. The maximum atomic E-state index is 13.3. The van der Waals surface area contributed by atoms with E-state index in [2.05, 4.69) is 0 Å². The summed E-state index contributed by atoms with van der Waals surface area (Å²) in [6.45, 7) is 1.32. The molecule has 0 aromatic heterocycles. The molecule has 1 aromatic rings. The number of hydrogen-bond donors (Lipinski definition) is 1. The van der Waals surface area contributed by atoms with Crippen molar-refractivity contribution in [1.29, 1.82) is 0 Å². The number of ketones is 1. The molecule has 2 N–H and O–H groups in total. The van der Waals surface area contributed by atoms with E-state index in [1.165, 1.54) is 6.07 Å². The molecule has 0 radical (unpaired) electrons. The van der Waals surface area contributed by atoms with Crippen molar-refractivity contribution >= 4 is 5.78 Å². The van der Waals surface area contributed by atoms with Gasteiger partial charge in [-0.25, -0.2) is 8.78 Å². The van der Waals surface area contributed by atoms with E-state index in [0.29, 0.717) is 13.1 Å². The molecular weight excluding hydrogens is 226 g/mol. The van der Waals surface area contributed by atoms with Gasteiger partial charge in [0, 0.05) is 19.1 Å². The Hall–Kier alpha value is -1.33. The smallest absolute Gasteiger partial charge is 0.182 e. The van der Waals surface area contributed by atoms with E-state index in [4.69, 9.17) is 5.73 Å². The third-order valence-corrected chi connectivity index (χ3v) is 2.92. The van der Waals surface area contributed by atoms with Gasteiger partial charge in [-0.3, -0.25) is 9.69 Å². The third-order valence-electron chi connectivity index (χ3n) is 2.92. The summed E-state index contributed by atoms with van der Waals surface area (Å²) in [4.78, 5) is 13.6. The zero-order chi connectivity index (χ0) is 12.4. The van der Waals surface area contributed by atoms with Crippen molar-refractivity contribution in [2.75, 3.05) is 19.6 Å². The maximum absolute atomic E-state index is 13.3. The number of carbonyl (C=O) groups is 1. The molecule has 1 atom stereocenters. The second-order valence-electron chi connectivity index (χ2n) is 4.30. The summed E-state index contributed by atoms with van der Waals surface area (Å²) in [5.41, 5.74) is 5.25. The molecule has 0 aliphatic carbocycles. The fourth-order valence-corrected chi connectivity index (χ4v) is 2.05. The van der Waals surface area contributed by atoms with Crippen LogP contribution >= 0.6 is 0 Å². The Bertz CT molecular complexity index is 416. The predicted molar refractivity (Wildman–Crippen MR) is 59.7 cm³/mol. The van der Waals surface area contributed by atoms with Crippen LogP contribution in [0.25, 0.3) is 0 Å². The van der Waals surface area contributed by atoms with Crippen LogP contribution in [0.5, 0.6) is 0 Å². The molecule has 0 spiro atoms. The van der Waals surface area contributed by atoms with Crippen LogP contribution in [0, 0.1) is 11.6 Å². The molecule has 0 saturated carbocycles. The number of likely N-dealkylation sites (tertiary alicyclic amines) is 1. The van der Waals surface area contributed by atoms with E-state index in [1.807, 2.05) is 4.90 Å². The molecule has 1 unspecified atom stereocenters. The van der Waals surface area contributed by atoms with Crippen LogP contribution in [0.2, 0.25) is 0 Å². The zero-order valence-corrected chi connectivity index (χ0v) is 9.33. The Morgan fingerprint density at radius 1 is 1.41 bits per heavy atom. The van der Waals surface area contributed by atoms with Crippen molar-refractivity contribution in [2.45, 2.75) is 12.5 Å². The molecule has 5 heteroatoms. The monoisotopic (exact) mass is 240 g/mol. The molecule has 1 saturated heterocycles. The largest absolute Gasteiger partial charge is 0.326 e. The number of nitrogens with two attached hydrogens (primary N) is 1. The highest BCUT2D eigenvalue weighted by Crippen LogP contribution is 2.15. The lowest BCUT2D eigenvalue weighted by Gasteiger charge is -2.14. The summed E-state index contributed by atoms with van der Waals surface area (Å²) < 4.78 is 26.7. The second-order valence-corrected chi connectivity index (χ2v) is 4.30. The summed E-state index contributed by atoms with van der Waals surface area (Å²) in [6, 6.07) is 3.47. The van der Waals surface area contributed by atoms with Crippen LogP contribution < -0.4 is 5.73 Å². The van der Waals surface area contributed by atoms with Gasteiger partial charge in [0.2, 0.25) is 0 Å². The fourth-order valence-electron chi connectivity index (χ4n) is 2.05. The van der Waals surface area contributed by atoms with Crippen LogP contribution in [-0.2, 0) is 0 Å². The molecule has 2 rings (SSSR count). The van der Waals surface area contributed by atoms with Gasteiger partial charge < -0.3 is 5.73 Å². The lowest BCUT2D eigenvalue weighted by molar-refractivity contribution is 0.0936. The molecule has 1 aliphatic heterocycles. The number of nitrogens with zero attached hydrogens (tertiary/aromatic N) is 1. The molecule has 92 valence electrons. The molecule has 1 fully saturated rings. The number of Topliss-reactive ketones (excluding diaryl/α,β-unsaturated/α-hetero) is 1. The minimum Gasteiger partial charge on any atom is -0.326 e. The number of hydrogen-bond acceptors (Lipinski definition) is 3. The SMILES string of the molecule is NC1CCN(CC(=O)c2c(F)cccc2F)C1. The average molecular weight is 240 g/mol. The van der Waals surface area contributed by atoms with Gasteiger partial charge in [-0.2, -0.15) is 0 Å². The Labute approximate surface area is 98.2 Å². The maximum Gasteiger partial charge on any atom is 0.182 e. The molecule has 1 aliphatic rings. The first-order chi connectivity index (χ1) is 8.08. The topological polar surface area (TPSA) is 46.3 Å². The van der Waals surface area contributed by atoms with Crippen molar-refractivity contribution in [2.24, 2.45) is 5.73 Å². The van der Waals surface area contributed by atoms with Crippen molar-refractivity contribution < 1.29 is 13.6 Å². The molecule has 3 nitrogen and oxygen atoms in total. The van der Waals surface area contributed by atoms with Gasteiger partial charge in [0.25, 0.3) is 0 Å². The van der Waals surface area contributed by atoms with Crippen molar-refractivity contribution in [3.8, 4) is 0 Å². The first-order valence-corrected chi connectivity index (χ1v) is 5.53. The number of rotatable bonds is 3. The quantitative estimate of drug-likeness (QED) is 0.807. The Morgan fingerprint density at radius 2 is 2.06 bits per heavy atom. The summed E-state index contributed by atoms with van der Waals surface area (Å²) in [6.07, 6.45) is 0.813. The Balaban J connectivity index is 2.10. The van der Waals surface area contributed by atoms with E-state index in [1.54, 1.807) is 0 Å². The van der Waals surface area contributed by atoms with Crippen LogP contribution in [-0.4, -0.2) is 36.4 Å². The summed E-state index contributed by atoms with van der Waals surface area (Å²) in [5, 5.41) is 0. The molecular formula is C12H14F2N2O. The van der Waals surface area contributed by atoms with Crippen LogP contribution in [0.1, 0.15) is 16.8 Å². The minimum atomic E-state index is -0.807. The standard InChI is InChI=1S/C12H14F2N2O/c13-9-2-1-3-10(14)12(9)11(17)7-16-5-4-8(15)6-16/h1-3,8H,4-7,15H2. The first kappa shape index (κ1) is 12.1. The summed E-state index contributed by atoms with van der Waals surface area (Å²) in [5.74, 6) is -2.15. The molecule has 17 heavy (non-hydrogen) atoms. The average Bonchev–Trinajstić information content (AvgIpc) is 2.63. The number of benzene rings is 1. The molecule has 0 amide bonds. The van der Waals surface area contributed by atoms with Gasteiger partial charge in [0.05, 0.1) is 12.1 Å². The van der Waals surface area contributed by atoms with E-state index in [0.717, 1.165) is 18.6 Å². The van der Waals surface area contributed by atoms with Crippen LogP contribution in [0.15, 0.2) is 18.2 Å². The van der Waals surface area contributed by atoms with Crippen LogP contribution in [0.3, 0.4) is 0 Å². The summed E-state index contributed by atoms with van der Waals surface area (Å²) in [7, 11) is 0. The summed E-state index contributed by atoms with van der Waals surface area (Å²) >= 11 is 0. The molecule has 1 heterocycles. The first-order valence-electron chi connectivity index (χ1n) is 5.53. The van der Waals surface area contributed by atoms with E-state index in [9.17, 15) is 13.6 Å². The van der Waals surface area contributed by atoms with E-state index in [-0.39, 0.29) is 12.6 Å². The zero-order valence-electron chi connectivity index (χ0n) is 9.33. The van der Waals surface area contributed by atoms with Gasteiger partial charge in [0.1, 0.15) is 11.6 Å². The molecule has 0 bridgehead atoms. The molecule has 1 aromatic carbocycles. The number of carbonyl (C=O) groups excluding carboxylic acids is 1. The van der Waals surface area contributed by atoms with Gasteiger partial charge in [-0.05, 0) is 18.6 Å². The predicted octanol–water partition coefficient (Wildman–Crippen LogP) is 1.18. The fraction of sp³-hybridized carbons (Fsp3) is 0.417. The highest BCUT2D eigenvalue weighted by molar-refractivity contribution is 5.98. The lowest BCUT2D eigenvalue weighted by atomic mass is 10.1. The van der Waals surface area contributed by atoms with Crippen LogP contribution in [0.4, 0.5) is 8.78 Å². The van der Waals surface area contributed by atoms with Gasteiger partial charge in [-0.15, -0.1) is 0 Å². The van der Waals surface area contributed by atoms with Gasteiger partial charge in [0.15, 0.2) is 5.78 Å². The lowest BCUT2D eigenvalue weighted by Crippen LogP contribution is -2.31. The third kappa shape index (κ3) is 2.68. The van der Waals surface area contributed by atoms with E-state index < -0.39 is 23.0 Å². The van der Waals surface area contributed by atoms with Gasteiger partial charge >= 0.3 is 0 Å². The minimum absolute atomic E-state index is 0.0194. The highest BCUT2D eigenvalue weighted by atomic mass is 19.1. The van der Waals surface area contributed by atoms with Crippen molar-refractivity contribution in [3.63, 3.8) is 0 Å².